The van der Waals surface area contributed by atoms with Crippen molar-refractivity contribution in [3.8, 4) is 17.0 Å². The quantitative estimate of drug-likeness (QED) is 0.806. The average Bonchev–Trinajstić information content (AvgIpc) is 2.52. The van der Waals surface area contributed by atoms with E-state index in [9.17, 15) is 5.11 Å². The molecule has 0 amide bonds. The molecule has 3 nitrogen and oxygen atoms in total. The van der Waals surface area contributed by atoms with Gasteiger partial charge in [-0.1, -0.05) is 11.6 Å². The minimum absolute atomic E-state index is 0.292. The molecule has 0 radical (unpaired) electrons. The van der Waals surface area contributed by atoms with Gasteiger partial charge >= 0.3 is 0 Å². The van der Waals surface area contributed by atoms with Gasteiger partial charge in [-0.25, -0.2) is 0 Å². The molecule has 0 fully saturated rings. The van der Waals surface area contributed by atoms with Gasteiger partial charge in [0.2, 0.25) is 0 Å². The first-order valence-electron chi connectivity index (χ1n) is 4.57. The van der Waals surface area contributed by atoms with Crippen molar-refractivity contribution in [2.45, 2.75) is 6.92 Å². The van der Waals surface area contributed by atoms with E-state index < -0.39 is 0 Å². The van der Waals surface area contributed by atoms with Gasteiger partial charge in [-0.3, -0.25) is 4.68 Å². The Morgan fingerprint density at radius 2 is 2.07 bits per heavy atom. The summed E-state index contributed by atoms with van der Waals surface area (Å²) < 4.78 is 1.61. The van der Waals surface area contributed by atoms with E-state index in [0.717, 1.165) is 16.8 Å². The van der Waals surface area contributed by atoms with Crippen LogP contribution in [-0.4, -0.2) is 14.9 Å². The third-order valence-corrected chi connectivity index (χ3v) is 2.67. The third kappa shape index (κ3) is 1.83. The second kappa shape index (κ2) is 3.59. The molecule has 0 aliphatic carbocycles. The van der Waals surface area contributed by atoms with Crippen LogP contribution in [-0.2, 0) is 7.05 Å². The average molecular weight is 223 g/mol. The Labute approximate surface area is 92.9 Å². The molecule has 1 aromatic carbocycles. The zero-order chi connectivity index (χ0) is 11.0. The SMILES string of the molecule is Cc1cc(-c2cc(Cl)n(C)n2)ccc1O. The number of aryl methyl sites for hydroxylation is 2. The van der Waals surface area contributed by atoms with E-state index in [2.05, 4.69) is 5.10 Å². The predicted octanol–water partition coefficient (Wildman–Crippen LogP) is 2.75. The van der Waals surface area contributed by atoms with Crippen LogP contribution in [0.1, 0.15) is 5.56 Å². The molecule has 0 saturated heterocycles. The van der Waals surface area contributed by atoms with Crippen molar-refractivity contribution < 1.29 is 5.11 Å². The van der Waals surface area contributed by atoms with Gasteiger partial charge in [0.1, 0.15) is 10.9 Å². The second-order valence-electron chi connectivity index (χ2n) is 3.48. The second-order valence-corrected chi connectivity index (χ2v) is 3.86. The molecule has 0 aliphatic rings. The predicted molar refractivity (Wildman–Crippen MR) is 60.1 cm³/mol. The first-order chi connectivity index (χ1) is 7.08. The number of aromatic hydroxyl groups is 1. The van der Waals surface area contributed by atoms with Crippen LogP contribution in [0.25, 0.3) is 11.3 Å². The van der Waals surface area contributed by atoms with Crippen molar-refractivity contribution in [3.05, 3.63) is 35.0 Å². The van der Waals surface area contributed by atoms with E-state index in [1.54, 1.807) is 23.9 Å². The molecule has 0 bridgehead atoms. The topological polar surface area (TPSA) is 38.0 Å². The number of hydrogen-bond donors (Lipinski definition) is 1. The number of benzene rings is 1. The van der Waals surface area contributed by atoms with Crippen molar-refractivity contribution in [3.63, 3.8) is 0 Å². The van der Waals surface area contributed by atoms with Gasteiger partial charge in [0.05, 0.1) is 5.69 Å². The molecule has 78 valence electrons. The smallest absolute Gasteiger partial charge is 0.127 e. The number of hydrogen-bond acceptors (Lipinski definition) is 2. The monoisotopic (exact) mass is 222 g/mol. The van der Waals surface area contributed by atoms with Crippen molar-refractivity contribution in [1.82, 2.24) is 9.78 Å². The molecule has 15 heavy (non-hydrogen) atoms. The minimum atomic E-state index is 0.292. The highest BCUT2D eigenvalue weighted by molar-refractivity contribution is 6.29. The van der Waals surface area contributed by atoms with Crippen molar-refractivity contribution >= 4 is 11.6 Å². The fourth-order valence-electron chi connectivity index (χ4n) is 1.40. The number of aromatic nitrogens is 2. The third-order valence-electron chi connectivity index (χ3n) is 2.32. The van der Waals surface area contributed by atoms with E-state index in [1.807, 2.05) is 19.1 Å². The standard InChI is InChI=1S/C11H11ClN2O/c1-7-5-8(3-4-10(7)15)9-6-11(12)14(2)13-9/h3-6,15H,1-2H3. The number of nitrogens with zero attached hydrogens (tertiary/aromatic N) is 2. The van der Waals surface area contributed by atoms with E-state index >= 15 is 0 Å². The molecule has 2 aromatic rings. The lowest BCUT2D eigenvalue weighted by Gasteiger charge is -2.00. The maximum atomic E-state index is 9.40. The molecule has 4 heteroatoms. The summed E-state index contributed by atoms with van der Waals surface area (Å²) in [5, 5.41) is 14.2. The Kier molecular flexibility index (Phi) is 2.40. The Morgan fingerprint density at radius 1 is 1.33 bits per heavy atom. The highest BCUT2D eigenvalue weighted by Gasteiger charge is 2.06. The Bertz CT molecular complexity index is 486. The number of phenolic OH excluding ortho intramolecular Hbond substituents is 1. The van der Waals surface area contributed by atoms with Crippen LogP contribution in [0.4, 0.5) is 0 Å². The summed E-state index contributed by atoms with van der Waals surface area (Å²) in [5.41, 5.74) is 2.59. The molecule has 0 aliphatic heterocycles. The van der Waals surface area contributed by atoms with E-state index in [-0.39, 0.29) is 0 Å². The maximum absolute atomic E-state index is 9.40. The van der Waals surface area contributed by atoms with Crippen LogP contribution in [0.3, 0.4) is 0 Å². The van der Waals surface area contributed by atoms with Crippen molar-refractivity contribution in [1.29, 1.82) is 0 Å². The van der Waals surface area contributed by atoms with Crippen LogP contribution in [0.5, 0.6) is 5.75 Å². The van der Waals surface area contributed by atoms with Gasteiger partial charge in [0.25, 0.3) is 0 Å². The molecular formula is C11H11ClN2O. The van der Waals surface area contributed by atoms with E-state index in [1.165, 1.54) is 0 Å². The summed E-state index contributed by atoms with van der Waals surface area (Å²) in [6.45, 7) is 1.85. The molecule has 0 unspecified atom stereocenters. The largest absolute Gasteiger partial charge is 0.508 e. The summed E-state index contributed by atoms with van der Waals surface area (Å²) in [4.78, 5) is 0. The van der Waals surface area contributed by atoms with E-state index in [4.69, 9.17) is 11.6 Å². The summed E-state index contributed by atoms with van der Waals surface area (Å²) >= 11 is 5.90. The Balaban J connectivity index is 2.49. The highest BCUT2D eigenvalue weighted by atomic mass is 35.5. The summed E-state index contributed by atoms with van der Waals surface area (Å²) in [5.74, 6) is 0.292. The zero-order valence-electron chi connectivity index (χ0n) is 8.53. The van der Waals surface area contributed by atoms with Gasteiger partial charge < -0.3 is 5.11 Å². The molecule has 1 aromatic heterocycles. The summed E-state index contributed by atoms with van der Waals surface area (Å²) in [7, 11) is 1.79. The summed E-state index contributed by atoms with van der Waals surface area (Å²) in [6, 6.07) is 7.16. The van der Waals surface area contributed by atoms with Gasteiger partial charge in [-0.05, 0) is 30.7 Å². The normalized spacial score (nSPS) is 10.6. The first-order valence-corrected chi connectivity index (χ1v) is 4.95. The molecule has 1 N–H and O–H groups in total. The van der Waals surface area contributed by atoms with Gasteiger partial charge in [-0.15, -0.1) is 0 Å². The van der Waals surface area contributed by atoms with Gasteiger partial charge in [0.15, 0.2) is 0 Å². The van der Waals surface area contributed by atoms with Crippen LogP contribution in [0.2, 0.25) is 5.15 Å². The minimum Gasteiger partial charge on any atom is -0.508 e. The van der Waals surface area contributed by atoms with Crippen LogP contribution in [0, 0.1) is 6.92 Å². The fraction of sp³-hybridized carbons (Fsp3) is 0.182. The van der Waals surface area contributed by atoms with Crippen molar-refractivity contribution in [2.75, 3.05) is 0 Å². The molecule has 1 heterocycles. The van der Waals surface area contributed by atoms with Crippen molar-refractivity contribution in [2.24, 2.45) is 7.05 Å². The zero-order valence-corrected chi connectivity index (χ0v) is 9.28. The Hall–Kier alpha value is -1.48. The van der Waals surface area contributed by atoms with Crippen LogP contribution >= 0.6 is 11.6 Å². The lowest BCUT2D eigenvalue weighted by atomic mass is 10.1. The Morgan fingerprint density at radius 3 is 2.60 bits per heavy atom. The fourth-order valence-corrected chi connectivity index (χ4v) is 1.54. The molecule has 0 atom stereocenters. The number of phenols is 1. The molecular weight excluding hydrogens is 212 g/mol. The first kappa shape index (κ1) is 10.1. The van der Waals surface area contributed by atoms with Crippen LogP contribution in [0.15, 0.2) is 24.3 Å². The van der Waals surface area contributed by atoms with Gasteiger partial charge in [-0.2, -0.15) is 5.10 Å². The molecule has 0 spiro atoms. The molecule has 0 saturated carbocycles. The lowest BCUT2D eigenvalue weighted by molar-refractivity contribution is 0.471. The van der Waals surface area contributed by atoms with E-state index in [0.29, 0.717) is 10.9 Å². The summed E-state index contributed by atoms with van der Waals surface area (Å²) in [6.07, 6.45) is 0. The highest BCUT2D eigenvalue weighted by Crippen LogP contribution is 2.25. The molecule has 2 rings (SSSR count). The number of halogens is 1. The lowest BCUT2D eigenvalue weighted by Crippen LogP contribution is -1.89. The van der Waals surface area contributed by atoms with Crippen LogP contribution < -0.4 is 0 Å². The number of rotatable bonds is 1. The maximum Gasteiger partial charge on any atom is 0.127 e. The van der Waals surface area contributed by atoms with Gasteiger partial charge in [0, 0.05) is 18.7 Å².